The lowest BCUT2D eigenvalue weighted by Gasteiger charge is -2.31. The lowest BCUT2D eigenvalue weighted by molar-refractivity contribution is 0.668. The van der Waals surface area contributed by atoms with E-state index in [4.69, 9.17) is 8.83 Å². The van der Waals surface area contributed by atoms with E-state index in [-0.39, 0.29) is 0 Å². The SMILES string of the molecule is c1ccc2c(c1)oc1ccc(-c3cc4cc(c3)N(c3ccc5sc6ccccc6c5c3)c3cccc5c3oc3c(cccc35)N4c3ccc4sc5ccccc5c4c3)cc12. The number of thiophene rings is 2. The van der Waals surface area contributed by atoms with Gasteiger partial charge < -0.3 is 18.6 Å². The number of benzene rings is 9. The van der Waals surface area contributed by atoms with Crippen molar-refractivity contribution in [2.75, 3.05) is 9.80 Å². The molecule has 0 saturated heterocycles. The Hall–Kier alpha value is -7.38. The van der Waals surface area contributed by atoms with E-state index in [1.54, 1.807) is 0 Å². The Balaban J connectivity index is 1.10. The number of anilines is 6. The molecule has 280 valence electrons. The first-order chi connectivity index (χ1) is 29.7. The standard InChI is InChI=1S/C54H30N2O2S2/c1-4-16-47-37(9-1)42-27-31(19-22-48(42)57-47)32-25-35-28-36(26-32)56(34-21-24-52-44(30-34)39-11-3-6-18-50(39)60-52)46-15-8-13-41-40-12-7-14-45(53(40)58-54(41)46)55(35)33-20-23-51-43(29-33)38-10-2-5-17-49(38)59-51/h1-30H. The molecule has 0 saturated carbocycles. The molecule has 0 fully saturated rings. The van der Waals surface area contributed by atoms with Crippen LogP contribution in [0, 0.1) is 0 Å². The van der Waals surface area contributed by atoms with Gasteiger partial charge in [0.25, 0.3) is 0 Å². The predicted molar refractivity (Wildman–Crippen MR) is 255 cm³/mol. The fourth-order valence-electron chi connectivity index (χ4n) is 9.63. The minimum absolute atomic E-state index is 0.856. The molecule has 0 radical (unpaired) electrons. The van der Waals surface area contributed by atoms with E-state index in [2.05, 4.69) is 180 Å². The molecule has 5 heterocycles. The van der Waals surface area contributed by atoms with Gasteiger partial charge in [-0.2, -0.15) is 0 Å². The lowest BCUT2D eigenvalue weighted by atomic mass is 9.99. The zero-order valence-corrected chi connectivity index (χ0v) is 33.5. The highest BCUT2D eigenvalue weighted by Gasteiger charge is 2.27. The van der Waals surface area contributed by atoms with E-state index >= 15 is 0 Å². The van der Waals surface area contributed by atoms with Gasteiger partial charge >= 0.3 is 0 Å². The van der Waals surface area contributed by atoms with Gasteiger partial charge in [0.05, 0.1) is 11.4 Å². The molecule has 4 aromatic heterocycles. The smallest absolute Gasteiger partial charge is 0.159 e. The van der Waals surface area contributed by atoms with Gasteiger partial charge in [-0.25, -0.2) is 0 Å². The first-order valence-corrected chi connectivity index (χ1v) is 21.8. The lowest BCUT2D eigenvalue weighted by Crippen LogP contribution is -2.14. The summed E-state index contributed by atoms with van der Waals surface area (Å²) in [6, 6.07) is 66.3. The first-order valence-electron chi connectivity index (χ1n) is 20.1. The van der Waals surface area contributed by atoms with Crippen LogP contribution in [0.25, 0.3) is 95.3 Å². The minimum atomic E-state index is 0.856. The number of furan rings is 2. The largest absolute Gasteiger partial charge is 0.456 e. The molecule has 1 aliphatic heterocycles. The van der Waals surface area contributed by atoms with Crippen LogP contribution < -0.4 is 9.80 Å². The molecule has 0 N–H and O–H groups in total. The maximum atomic E-state index is 7.17. The van der Waals surface area contributed by atoms with Crippen molar-refractivity contribution in [2.24, 2.45) is 0 Å². The highest BCUT2D eigenvalue weighted by atomic mass is 32.1. The second kappa shape index (κ2) is 12.1. The Bertz CT molecular complexity index is 3750. The molecule has 9 aromatic carbocycles. The predicted octanol–water partition coefficient (Wildman–Crippen LogP) is 17.1. The average molecular weight is 803 g/mol. The highest BCUT2D eigenvalue weighted by Crippen LogP contribution is 2.52. The molecular formula is C54H30N2O2S2. The maximum absolute atomic E-state index is 7.17. The Morgan fingerprint density at radius 3 is 1.43 bits per heavy atom. The van der Waals surface area contributed by atoms with Crippen LogP contribution in [0.5, 0.6) is 0 Å². The Morgan fingerprint density at radius 2 is 0.817 bits per heavy atom. The van der Waals surface area contributed by atoms with E-state index in [1.165, 1.54) is 40.3 Å². The third-order valence-electron chi connectivity index (χ3n) is 12.3. The zero-order chi connectivity index (χ0) is 39.1. The van der Waals surface area contributed by atoms with Crippen molar-refractivity contribution in [3.05, 3.63) is 182 Å². The number of rotatable bonds is 3. The van der Waals surface area contributed by atoms with Crippen molar-refractivity contribution >= 4 is 141 Å². The highest BCUT2D eigenvalue weighted by molar-refractivity contribution is 7.26. The van der Waals surface area contributed by atoms with Gasteiger partial charge in [-0.05, 0) is 108 Å². The normalized spacial score (nSPS) is 12.9. The summed E-state index contributed by atoms with van der Waals surface area (Å²) in [6.45, 7) is 0. The summed E-state index contributed by atoms with van der Waals surface area (Å²) in [5, 5.41) is 9.42. The topological polar surface area (TPSA) is 32.8 Å². The Labute approximate surface area is 350 Å². The molecule has 0 atom stereocenters. The molecule has 6 heteroatoms. The Morgan fingerprint density at radius 1 is 0.300 bits per heavy atom. The number of nitrogens with zero attached hydrogens (tertiary/aromatic N) is 2. The van der Waals surface area contributed by atoms with Gasteiger partial charge in [0.2, 0.25) is 0 Å². The second-order valence-electron chi connectivity index (χ2n) is 15.7. The van der Waals surface area contributed by atoms with Crippen LogP contribution in [0.3, 0.4) is 0 Å². The first kappa shape index (κ1) is 32.6. The van der Waals surface area contributed by atoms with Crippen LogP contribution in [0.2, 0.25) is 0 Å². The van der Waals surface area contributed by atoms with Crippen molar-refractivity contribution in [3.8, 4) is 11.1 Å². The summed E-state index contributed by atoms with van der Waals surface area (Å²) in [7, 11) is 0. The summed E-state index contributed by atoms with van der Waals surface area (Å²) in [5.41, 5.74) is 11.9. The summed E-state index contributed by atoms with van der Waals surface area (Å²) >= 11 is 3.68. The van der Waals surface area contributed by atoms with Crippen LogP contribution >= 0.6 is 22.7 Å². The second-order valence-corrected chi connectivity index (χ2v) is 17.9. The van der Waals surface area contributed by atoms with Crippen molar-refractivity contribution in [1.29, 1.82) is 0 Å². The van der Waals surface area contributed by atoms with Gasteiger partial charge in [0.1, 0.15) is 11.2 Å². The molecule has 1 aliphatic rings. The van der Waals surface area contributed by atoms with Crippen LogP contribution in [0.15, 0.2) is 191 Å². The van der Waals surface area contributed by atoms with Crippen LogP contribution in [-0.2, 0) is 0 Å². The molecule has 60 heavy (non-hydrogen) atoms. The molecule has 13 aromatic rings. The average Bonchev–Trinajstić information content (AvgIpc) is 4.07. The van der Waals surface area contributed by atoms with Crippen molar-refractivity contribution in [3.63, 3.8) is 0 Å². The zero-order valence-electron chi connectivity index (χ0n) is 31.8. The fraction of sp³-hybridized carbons (Fsp3) is 0. The van der Waals surface area contributed by atoms with E-state index in [9.17, 15) is 0 Å². The minimum Gasteiger partial charge on any atom is -0.456 e. The van der Waals surface area contributed by atoms with Gasteiger partial charge in [0, 0.05) is 84.6 Å². The van der Waals surface area contributed by atoms with Crippen molar-refractivity contribution < 1.29 is 8.83 Å². The number of fused-ring (bicyclic) bond motifs is 12. The summed E-state index contributed by atoms with van der Waals surface area (Å²) in [5.74, 6) is 0. The van der Waals surface area contributed by atoms with Gasteiger partial charge in [-0.15, -0.1) is 22.7 Å². The van der Waals surface area contributed by atoms with Gasteiger partial charge in [-0.1, -0.05) is 84.9 Å². The summed E-state index contributed by atoms with van der Waals surface area (Å²) < 4.78 is 18.6. The Kier molecular flexibility index (Phi) is 6.56. The third-order valence-corrected chi connectivity index (χ3v) is 14.6. The van der Waals surface area contributed by atoms with Crippen LogP contribution in [-0.4, -0.2) is 0 Å². The molecule has 4 bridgehead atoms. The van der Waals surface area contributed by atoms with E-state index in [0.717, 1.165) is 89.1 Å². The third kappa shape index (κ3) is 4.60. The number of hydrogen-bond donors (Lipinski definition) is 0. The molecule has 0 amide bonds. The van der Waals surface area contributed by atoms with Crippen molar-refractivity contribution in [1.82, 2.24) is 0 Å². The van der Waals surface area contributed by atoms with Crippen LogP contribution in [0.1, 0.15) is 0 Å². The molecular weight excluding hydrogens is 773 g/mol. The van der Waals surface area contributed by atoms with E-state index in [0.29, 0.717) is 0 Å². The molecule has 4 nitrogen and oxygen atoms in total. The van der Waals surface area contributed by atoms with Crippen LogP contribution in [0.4, 0.5) is 34.1 Å². The van der Waals surface area contributed by atoms with E-state index < -0.39 is 0 Å². The maximum Gasteiger partial charge on any atom is 0.159 e. The molecule has 14 rings (SSSR count). The monoisotopic (exact) mass is 802 g/mol. The summed E-state index contributed by atoms with van der Waals surface area (Å²) in [6.07, 6.45) is 0. The number of para-hydroxylation sites is 3. The van der Waals surface area contributed by atoms with Crippen molar-refractivity contribution in [2.45, 2.75) is 0 Å². The fourth-order valence-corrected chi connectivity index (χ4v) is 11.8. The van der Waals surface area contributed by atoms with E-state index in [1.807, 2.05) is 34.8 Å². The quantitative estimate of drug-likeness (QED) is 0.178. The molecule has 0 aliphatic carbocycles. The summed E-state index contributed by atoms with van der Waals surface area (Å²) in [4.78, 5) is 4.79. The number of hydrogen-bond acceptors (Lipinski definition) is 6. The molecule has 0 unspecified atom stereocenters. The molecule has 0 spiro atoms. The van der Waals surface area contributed by atoms with Gasteiger partial charge in [0.15, 0.2) is 11.2 Å². The van der Waals surface area contributed by atoms with Gasteiger partial charge in [-0.3, -0.25) is 0 Å².